The first-order chi connectivity index (χ1) is 14.9. The largest absolute Gasteiger partial charge is 0.497 e. The lowest BCUT2D eigenvalue weighted by Crippen LogP contribution is -2.22. The molecule has 1 N–H and O–H groups in total. The monoisotopic (exact) mass is 410 g/mol. The van der Waals surface area contributed by atoms with Crippen LogP contribution in [0.2, 0.25) is 0 Å². The number of carbonyl (C=O) groups excluding carboxylic acids is 2. The van der Waals surface area contributed by atoms with Gasteiger partial charge in [0.1, 0.15) is 5.75 Å². The molecule has 152 valence electrons. The second kappa shape index (κ2) is 6.61. The fourth-order valence-electron chi connectivity index (χ4n) is 4.32. The maximum absolute atomic E-state index is 12.9. The number of carbonyl (C=O) groups is 2. The quantitative estimate of drug-likeness (QED) is 0.526. The number of ether oxygens (including phenoxy) is 1. The van der Waals surface area contributed by atoms with Crippen molar-refractivity contribution in [1.82, 2.24) is 14.5 Å². The Morgan fingerprint density at radius 2 is 1.52 bits per heavy atom. The third-order valence-corrected chi connectivity index (χ3v) is 5.79. The molecule has 0 aliphatic carbocycles. The molecule has 0 bridgehead atoms. The number of fused-ring (bicyclic) bond motifs is 2. The molecule has 7 heteroatoms. The Labute approximate surface area is 177 Å². The van der Waals surface area contributed by atoms with Gasteiger partial charge in [-0.15, -0.1) is 0 Å². The van der Waals surface area contributed by atoms with Gasteiger partial charge < -0.3 is 13.9 Å². The van der Waals surface area contributed by atoms with Crippen LogP contribution in [0.25, 0.3) is 33.0 Å². The van der Waals surface area contributed by atoms with E-state index in [2.05, 4.69) is 11.4 Å². The minimum Gasteiger partial charge on any atom is -0.497 e. The Hall–Kier alpha value is -4.31. The smallest absolute Gasteiger partial charge is 0.259 e. The average Bonchev–Trinajstić information content (AvgIpc) is 3.37. The first kappa shape index (κ1) is 18.7. The zero-order valence-corrected chi connectivity index (χ0v) is 17.2. The molecule has 1 aliphatic rings. The molecule has 0 fully saturated rings. The lowest BCUT2D eigenvalue weighted by Gasteiger charge is -2.04. The van der Waals surface area contributed by atoms with Gasteiger partial charge in [-0.05, 0) is 30.3 Å². The zero-order valence-electron chi connectivity index (χ0n) is 17.2. The summed E-state index contributed by atoms with van der Waals surface area (Å²) in [6.07, 6.45) is 3.68. The van der Waals surface area contributed by atoms with Gasteiger partial charge in [0.05, 0.1) is 29.9 Å². The number of amides is 2. The zero-order chi connectivity index (χ0) is 21.9. The summed E-state index contributed by atoms with van der Waals surface area (Å²) in [6, 6.07) is 13.1. The van der Waals surface area contributed by atoms with Crippen LogP contribution in [0.3, 0.4) is 0 Å². The van der Waals surface area contributed by atoms with Gasteiger partial charge in [0.15, 0.2) is 0 Å². The molecule has 3 heterocycles. The average molecular weight is 410 g/mol. The number of hydrogen-bond acceptors (Lipinski definition) is 4. The number of rotatable bonds is 3. The maximum Gasteiger partial charge on any atom is 0.259 e. The summed E-state index contributed by atoms with van der Waals surface area (Å²) in [5, 5.41) is 13.3. The van der Waals surface area contributed by atoms with E-state index in [-0.39, 0.29) is 0 Å². The fraction of sp³-hybridized carbons (Fsp3) is 0.125. The topological polar surface area (TPSA) is 89.1 Å². The van der Waals surface area contributed by atoms with E-state index in [4.69, 9.17) is 4.74 Å². The molecular formula is C24H18N4O3. The molecular weight excluding hydrogens is 392 g/mol. The highest BCUT2D eigenvalue weighted by Gasteiger charge is 2.35. The van der Waals surface area contributed by atoms with E-state index in [1.54, 1.807) is 19.2 Å². The van der Waals surface area contributed by atoms with Crippen molar-refractivity contribution in [3.05, 3.63) is 65.5 Å². The summed E-state index contributed by atoms with van der Waals surface area (Å²) in [4.78, 5) is 25.9. The minimum atomic E-state index is -0.434. The molecule has 1 aliphatic heterocycles. The van der Waals surface area contributed by atoms with E-state index in [1.165, 1.54) is 0 Å². The van der Waals surface area contributed by atoms with Crippen molar-refractivity contribution in [2.24, 2.45) is 14.1 Å². The Morgan fingerprint density at radius 3 is 2.16 bits per heavy atom. The highest BCUT2D eigenvalue weighted by molar-refractivity contribution is 6.50. The van der Waals surface area contributed by atoms with Gasteiger partial charge in [0.25, 0.3) is 11.8 Å². The molecule has 4 aromatic rings. The van der Waals surface area contributed by atoms with Crippen LogP contribution in [0, 0.1) is 11.3 Å². The van der Waals surface area contributed by atoms with E-state index in [9.17, 15) is 14.9 Å². The molecule has 0 atom stereocenters. The molecule has 0 radical (unpaired) electrons. The Morgan fingerprint density at radius 1 is 0.871 bits per heavy atom. The van der Waals surface area contributed by atoms with E-state index in [0.717, 1.165) is 21.8 Å². The molecule has 2 amide bonds. The molecule has 2 aromatic heterocycles. The van der Waals surface area contributed by atoms with Gasteiger partial charge in [-0.3, -0.25) is 14.9 Å². The van der Waals surface area contributed by atoms with Crippen molar-refractivity contribution in [3.8, 4) is 11.8 Å². The fourth-order valence-corrected chi connectivity index (χ4v) is 4.32. The summed E-state index contributed by atoms with van der Waals surface area (Å²) in [5.41, 5.74) is 4.25. The van der Waals surface area contributed by atoms with Crippen molar-refractivity contribution in [2.45, 2.75) is 0 Å². The molecule has 31 heavy (non-hydrogen) atoms. The van der Waals surface area contributed by atoms with Gasteiger partial charge in [-0.2, -0.15) is 5.26 Å². The highest BCUT2D eigenvalue weighted by atomic mass is 16.5. The maximum atomic E-state index is 12.9. The third kappa shape index (κ3) is 2.66. The number of nitrogens with zero attached hydrogens (tertiary/aromatic N) is 3. The standard InChI is InChI=1S/C24H18N4O3/c1-27-12-18(16-9-14(31-3)5-7-19(16)27)22-21(23(29)26-24(22)30)17-11-28(2)20-8-13(10-25)4-6-15(17)20/h4-9,11-12H,1-3H3,(H,26,29,30). The van der Waals surface area contributed by atoms with Crippen molar-refractivity contribution in [2.75, 3.05) is 7.11 Å². The summed E-state index contributed by atoms with van der Waals surface area (Å²) in [5.74, 6) is -0.196. The van der Waals surface area contributed by atoms with Crippen LogP contribution in [0.1, 0.15) is 16.7 Å². The van der Waals surface area contributed by atoms with Gasteiger partial charge in [0, 0.05) is 59.4 Å². The first-order valence-electron chi connectivity index (χ1n) is 9.66. The van der Waals surface area contributed by atoms with Crippen LogP contribution in [-0.2, 0) is 23.7 Å². The van der Waals surface area contributed by atoms with Crippen LogP contribution >= 0.6 is 0 Å². The molecule has 0 unspecified atom stereocenters. The highest BCUT2D eigenvalue weighted by Crippen LogP contribution is 2.39. The number of hydrogen-bond donors (Lipinski definition) is 1. The number of aryl methyl sites for hydroxylation is 2. The minimum absolute atomic E-state index is 0.329. The van der Waals surface area contributed by atoms with Gasteiger partial charge in [-0.1, -0.05) is 6.07 Å². The molecule has 0 spiro atoms. The van der Waals surface area contributed by atoms with Crippen molar-refractivity contribution >= 4 is 44.8 Å². The van der Waals surface area contributed by atoms with E-state index in [1.807, 2.05) is 59.9 Å². The van der Waals surface area contributed by atoms with Crippen molar-refractivity contribution in [3.63, 3.8) is 0 Å². The lowest BCUT2D eigenvalue weighted by atomic mass is 9.95. The normalized spacial score (nSPS) is 13.9. The van der Waals surface area contributed by atoms with Gasteiger partial charge in [-0.25, -0.2) is 0 Å². The summed E-state index contributed by atoms with van der Waals surface area (Å²) in [7, 11) is 5.34. The summed E-state index contributed by atoms with van der Waals surface area (Å²) in [6.45, 7) is 0. The van der Waals surface area contributed by atoms with Crippen LogP contribution in [0.5, 0.6) is 5.75 Å². The van der Waals surface area contributed by atoms with Crippen molar-refractivity contribution in [1.29, 1.82) is 5.26 Å². The number of benzene rings is 2. The van der Waals surface area contributed by atoms with E-state index < -0.39 is 11.8 Å². The first-order valence-corrected chi connectivity index (χ1v) is 9.66. The molecule has 0 saturated heterocycles. The Kier molecular flexibility index (Phi) is 3.99. The third-order valence-electron chi connectivity index (χ3n) is 5.79. The number of aromatic nitrogens is 2. The summed E-state index contributed by atoms with van der Waals surface area (Å²) < 4.78 is 9.15. The van der Waals surface area contributed by atoms with Crippen LogP contribution in [0.15, 0.2) is 48.8 Å². The van der Waals surface area contributed by atoms with Crippen molar-refractivity contribution < 1.29 is 14.3 Å². The molecule has 0 saturated carbocycles. The number of methoxy groups -OCH3 is 1. The second-order valence-corrected chi connectivity index (χ2v) is 7.57. The predicted molar refractivity (Wildman–Crippen MR) is 117 cm³/mol. The van der Waals surface area contributed by atoms with E-state index >= 15 is 0 Å². The van der Waals surface area contributed by atoms with Crippen LogP contribution in [-0.4, -0.2) is 28.1 Å². The van der Waals surface area contributed by atoms with Crippen LogP contribution < -0.4 is 10.1 Å². The van der Waals surface area contributed by atoms with Crippen LogP contribution in [0.4, 0.5) is 0 Å². The Balaban J connectivity index is 1.84. The number of imide groups is 1. The van der Waals surface area contributed by atoms with E-state index in [0.29, 0.717) is 33.6 Å². The Bertz CT molecular complexity index is 1510. The predicted octanol–water partition coefficient (Wildman–Crippen LogP) is 3.12. The second-order valence-electron chi connectivity index (χ2n) is 7.57. The molecule has 2 aromatic carbocycles. The van der Waals surface area contributed by atoms with Gasteiger partial charge >= 0.3 is 0 Å². The molecule has 7 nitrogen and oxygen atoms in total. The number of nitriles is 1. The summed E-state index contributed by atoms with van der Waals surface area (Å²) >= 11 is 0. The lowest BCUT2D eigenvalue weighted by molar-refractivity contribution is -0.122. The van der Waals surface area contributed by atoms with Gasteiger partial charge in [0.2, 0.25) is 0 Å². The molecule has 5 rings (SSSR count). The number of nitrogens with one attached hydrogen (secondary N) is 1. The SMILES string of the molecule is COc1ccc2c(c1)c(C1=C(c3cn(C)c4cc(C#N)ccc34)C(=O)NC1=O)cn2C.